The van der Waals surface area contributed by atoms with Gasteiger partial charge in [-0.15, -0.1) is 0 Å². The van der Waals surface area contributed by atoms with Crippen LogP contribution in [0, 0.1) is 0 Å². The van der Waals surface area contributed by atoms with Gasteiger partial charge in [-0.1, -0.05) is 0 Å². The number of imidazole rings is 1. The molecule has 0 saturated carbocycles. The Morgan fingerprint density at radius 2 is 2.00 bits per heavy atom. The van der Waals surface area contributed by atoms with Crippen LogP contribution in [0.2, 0.25) is 0 Å². The van der Waals surface area contributed by atoms with Crippen molar-refractivity contribution in [2.24, 2.45) is 0 Å². The molecule has 0 spiro atoms. The minimum absolute atomic E-state index is 0.483. The second-order valence-corrected chi connectivity index (χ2v) is 2.76. The minimum Gasteiger partial charge on any atom is -0.318 e. The standard InChI is InChI=1S/C8H5N5O/c1-3-9-4-2-5(1)6-10-7-8(11-6)13-14-12-7/h1-4H,(H,10,11,12,13). The van der Waals surface area contributed by atoms with Crippen molar-refractivity contribution in [2.75, 3.05) is 0 Å². The van der Waals surface area contributed by atoms with Gasteiger partial charge in [-0.05, 0) is 22.4 Å². The maximum absolute atomic E-state index is 4.49. The van der Waals surface area contributed by atoms with Gasteiger partial charge in [0.2, 0.25) is 11.3 Å². The van der Waals surface area contributed by atoms with E-state index in [-0.39, 0.29) is 0 Å². The van der Waals surface area contributed by atoms with Crippen LogP contribution in [0.4, 0.5) is 0 Å². The number of rotatable bonds is 1. The zero-order valence-corrected chi connectivity index (χ0v) is 7.01. The number of pyridine rings is 1. The van der Waals surface area contributed by atoms with E-state index in [0.29, 0.717) is 17.1 Å². The summed E-state index contributed by atoms with van der Waals surface area (Å²) < 4.78 is 4.49. The molecule has 3 heterocycles. The van der Waals surface area contributed by atoms with Gasteiger partial charge in [-0.2, -0.15) is 0 Å². The third-order valence-electron chi connectivity index (χ3n) is 1.88. The topological polar surface area (TPSA) is 80.5 Å². The van der Waals surface area contributed by atoms with Crippen LogP contribution < -0.4 is 0 Å². The SMILES string of the molecule is c1cc(-c2nc3nonc3[nH]2)ccn1. The molecule has 68 valence electrons. The van der Waals surface area contributed by atoms with E-state index in [2.05, 4.69) is 29.9 Å². The lowest BCUT2D eigenvalue weighted by Crippen LogP contribution is -1.80. The Morgan fingerprint density at radius 3 is 2.79 bits per heavy atom. The van der Waals surface area contributed by atoms with Crippen LogP contribution in [0.15, 0.2) is 29.2 Å². The third-order valence-corrected chi connectivity index (χ3v) is 1.88. The van der Waals surface area contributed by atoms with Gasteiger partial charge in [0, 0.05) is 18.0 Å². The van der Waals surface area contributed by atoms with Crippen molar-refractivity contribution in [1.82, 2.24) is 25.3 Å². The van der Waals surface area contributed by atoms with Crippen LogP contribution in [0.25, 0.3) is 22.7 Å². The number of aromatic amines is 1. The summed E-state index contributed by atoms with van der Waals surface area (Å²) in [5, 5.41) is 7.27. The van der Waals surface area contributed by atoms with Gasteiger partial charge in [-0.25, -0.2) is 9.61 Å². The lowest BCUT2D eigenvalue weighted by atomic mass is 10.3. The van der Waals surface area contributed by atoms with Gasteiger partial charge in [0.25, 0.3) is 0 Å². The molecule has 6 heteroatoms. The summed E-state index contributed by atoms with van der Waals surface area (Å²) in [4.78, 5) is 11.1. The molecule has 3 rings (SSSR count). The summed E-state index contributed by atoms with van der Waals surface area (Å²) in [5.74, 6) is 0.716. The molecule has 0 bridgehead atoms. The molecular formula is C8H5N5O. The van der Waals surface area contributed by atoms with Gasteiger partial charge in [-0.3, -0.25) is 4.98 Å². The van der Waals surface area contributed by atoms with E-state index in [9.17, 15) is 0 Å². The molecule has 0 aliphatic carbocycles. The minimum atomic E-state index is 0.483. The van der Waals surface area contributed by atoms with E-state index in [0.717, 1.165) is 5.56 Å². The average molecular weight is 187 g/mol. The summed E-state index contributed by atoms with van der Waals surface area (Å²) in [6.07, 6.45) is 3.40. The number of aromatic nitrogens is 5. The molecule has 3 aromatic heterocycles. The van der Waals surface area contributed by atoms with E-state index in [1.54, 1.807) is 12.4 Å². The van der Waals surface area contributed by atoms with Crippen molar-refractivity contribution in [1.29, 1.82) is 0 Å². The third kappa shape index (κ3) is 0.972. The van der Waals surface area contributed by atoms with Crippen LogP contribution >= 0.6 is 0 Å². The summed E-state index contributed by atoms with van der Waals surface area (Å²) in [5.41, 5.74) is 1.98. The van der Waals surface area contributed by atoms with Gasteiger partial charge >= 0.3 is 0 Å². The molecule has 0 aromatic carbocycles. The Labute approximate surface area is 78.0 Å². The van der Waals surface area contributed by atoms with Gasteiger partial charge in [0.15, 0.2) is 0 Å². The van der Waals surface area contributed by atoms with Gasteiger partial charge < -0.3 is 4.98 Å². The highest BCUT2D eigenvalue weighted by Crippen LogP contribution is 2.16. The van der Waals surface area contributed by atoms with Crippen LogP contribution in [-0.2, 0) is 0 Å². The van der Waals surface area contributed by atoms with Gasteiger partial charge in [0.1, 0.15) is 5.82 Å². The normalized spacial score (nSPS) is 10.9. The predicted molar refractivity (Wildman–Crippen MR) is 47.2 cm³/mol. The molecule has 0 radical (unpaired) electrons. The van der Waals surface area contributed by atoms with Crippen LogP contribution in [-0.4, -0.2) is 25.3 Å². The van der Waals surface area contributed by atoms with Crippen LogP contribution in [0.3, 0.4) is 0 Å². The van der Waals surface area contributed by atoms with Crippen molar-refractivity contribution in [2.45, 2.75) is 0 Å². The first-order valence-corrected chi connectivity index (χ1v) is 4.02. The lowest BCUT2D eigenvalue weighted by Gasteiger charge is -1.92. The van der Waals surface area contributed by atoms with Crippen molar-refractivity contribution in [3.8, 4) is 11.4 Å². The molecule has 0 saturated heterocycles. The first kappa shape index (κ1) is 7.19. The maximum Gasteiger partial charge on any atom is 0.243 e. The molecule has 0 fully saturated rings. The molecule has 0 aliphatic rings. The van der Waals surface area contributed by atoms with Crippen molar-refractivity contribution in [3.05, 3.63) is 24.5 Å². The molecular weight excluding hydrogens is 182 g/mol. The number of hydrogen-bond donors (Lipinski definition) is 1. The number of fused-ring (bicyclic) bond motifs is 1. The molecule has 3 aromatic rings. The quantitative estimate of drug-likeness (QED) is 0.614. The Balaban J connectivity index is 2.19. The smallest absolute Gasteiger partial charge is 0.243 e. The van der Waals surface area contributed by atoms with E-state index in [4.69, 9.17) is 0 Å². The predicted octanol–water partition coefficient (Wildman–Crippen LogP) is 1.01. The largest absolute Gasteiger partial charge is 0.318 e. The number of H-pyrrole nitrogens is 1. The second-order valence-electron chi connectivity index (χ2n) is 2.76. The molecule has 6 nitrogen and oxygen atoms in total. The molecule has 0 aliphatic heterocycles. The highest BCUT2D eigenvalue weighted by molar-refractivity contribution is 5.70. The molecule has 0 unspecified atom stereocenters. The fraction of sp³-hybridized carbons (Fsp3) is 0. The van der Waals surface area contributed by atoms with Crippen LogP contribution in [0.5, 0.6) is 0 Å². The second kappa shape index (κ2) is 2.63. The summed E-state index contributed by atoms with van der Waals surface area (Å²) in [6, 6.07) is 3.71. The Morgan fingerprint density at radius 1 is 1.14 bits per heavy atom. The highest BCUT2D eigenvalue weighted by atomic mass is 16.6. The average Bonchev–Trinajstić information content (AvgIpc) is 2.78. The van der Waals surface area contributed by atoms with E-state index in [1.165, 1.54) is 0 Å². The number of nitrogens with one attached hydrogen (secondary N) is 1. The van der Waals surface area contributed by atoms with E-state index >= 15 is 0 Å². The summed E-state index contributed by atoms with van der Waals surface area (Å²) >= 11 is 0. The fourth-order valence-electron chi connectivity index (χ4n) is 1.23. The molecule has 0 atom stereocenters. The first-order chi connectivity index (χ1) is 6.93. The first-order valence-electron chi connectivity index (χ1n) is 4.02. The van der Waals surface area contributed by atoms with Crippen molar-refractivity contribution in [3.63, 3.8) is 0 Å². The van der Waals surface area contributed by atoms with Gasteiger partial charge in [0.05, 0.1) is 0 Å². The zero-order valence-electron chi connectivity index (χ0n) is 7.01. The Hall–Kier alpha value is -2.24. The van der Waals surface area contributed by atoms with Crippen molar-refractivity contribution >= 4 is 11.3 Å². The zero-order chi connectivity index (χ0) is 9.38. The number of nitrogens with zero attached hydrogens (tertiary/aromatic N) is 4. The Bertz CT molecular complexity index is 527. The van der Waals surface area contributed by atoms with E-state index < -0.39 is 0 Å². The molecule has 14 heavy (non-hydrogen) atoms. The summed E-state index contributed by atoms with van der Waals surface area (Å²) in [7, 11) is 0. The van der Waals surface area contributed by atoms with Crippen molar-refractivity contribution < 1.29 is 4.63 Å². The lowest BCUT2D eigenvalue weighted by molar-refractivity contribution is 0.313. The maximum atomic E-state index is 4.49. The number of hydrogen-bond acceptors (Lipinski definition) is 5. The van der Waals surface area contributed by atoms with E-state index in [1.807, 2.05) is 12.1 Å². The molecule has 1 N–H and O–H groups in total. The molecule has 0 amide bonds. The Kier molecular flexibility index (Phi) is 1.35. The highest BCUT2D eigenvalue weighted by Gasteiger charge is 2.08. The monoisotopic (exact) mass is 187 g/mol. The fourth-order valence-corrected chi connectivity index (χ4v) is 1.23. The van der Waals surface area contributed by atoms with Crippen LogP contribution in [0.1, 0.15) is 0 Å². The summed E-state index contributed by atoms with van der Waals surface area (Å²) in [6.45, 7) is 0.